The van der Waals surface area contributed by atoms with E-state index >= 15 is 0 Å². The van der Waals surface area contributed by atoms with Gasteiger partial charge >= 0.3 is 6.18 Å². The third kappa shape index (κ3) is 3.69. The van der Waals surface area contributed by atoms with Crippen molar-refractivity contribution in [1.82, 2.24) is 4.98 Å². The van der Waals surface area contributed by atoms with Crippen molar-refractivity contribution in [3.8, 4) is 11.8 Å². The second-order valence-corrected chi connectivity index (χ2v) is 8.18. The van der Waals surface area contributed by atoms with E-state index in [1.54, 1.807) is 6.92 Å². The van der Waals surface area contributed by atoms with Crippen molar-refractivity contribution < 1.29 is 31.4 Å². The van der Waals surface area contributed by atoms with E-state index < -0.39 is 47.1 Å². The number of hydrogen-bond donors (Lipinski definition) is 0. The lowest BCUT2D eigenvalue weighted by atomic mass is 9.74. The number of pyridine rings is 1. The van der Waals surface area contributed by atoms with Crippen LogP contribution in [0.15, 0.2) is 18.2 Å². The Kier molecular flexibility index (Phi) is 6.42. The molecule has 0 radical (unpaired) electrons. The van der Waals surface area contributed by atoms with Gasteiger partial charge in [0.2, 0.25) is 5.82 Å². The maximum Gasteiger partial charge on any atom is 0.417 e. The van der Waals surface area contributed by atoms with Gasteiger partial charge in [-0.05, 0) is 32.4 Å². The zero-order valence-corrected chi connectivity index (χ0v) is 18.4. The van der Waals surface area contributed by atoms with E-state index in [2.05, 4.69) is 4.98 Å². The van der Waals surface area contributed by atoms with Crippen LogP contribution in [-0.4, -0.2) is 23.9 Å². The molecule has 4 atom stereocenters. The minimum Gasteiger partial charge on any atom is -0.493 e. The van der Waals surface area contributed by atoms with Crippen LogP contribution in [0.1, 0.15) is 54.8 Å². The number of rotatable bonds is 4. The van der Waals surface area contributed by atoms with Crippen molar-refractivity contribution in [2.75, 3.05) is 7.11 Å². The molecule has 0 aliphatic carbocycles. The molecule has 10 heteroatoms. The molecule has 3 rings (SSSR count). The first-order valence-corrected chi connectivity index (χ1v) is 10.1. The summed E-state index contributed by atoms with van der Waals surface area (Å²) in [7, 11) is 1.11. The van der Waals surface area contributed by atoms with Crippen molar-refractivity contribution >= 4 is 11.6 Å². The topological polar surface area (TPSA) is 55.1 Å². The van der Waals surface area contributed by atoms with Crippen LogP contribution in [-0.2, 0) is 4.74 Å². The quantitative estimate of drug-likeness (QED) is 0.481. The van der Waals surface area contributed by atoms with E-state index in [1.165, 1.54) is 19.1 Å². The Bertz CT molecular complexity index is 1060. The molecule has 1 aliphatic rings. The normalized spacial score (nSPS) is 25.6. The lowest BCUT2D eigenvalue weighted by Gasteiger charge is -2.33. The molecule has 0 saturated carbocycles. The number of ether oxygens (including phenoxy) is 2. The van der Waals surface area contributed by atoms with Crippen molar-refractivity contribution in [2.24, 2.45) is 5.92 Å². The number of hydrogen-bond acceptors (Lipinski definition) is 4. The van der Waals surface area contributed by atoms with Crippen LogP contribution < -0.4 is 4.74 Å². The predicted octanol–water partition coefficient (Wildman–Crippen LogP) is 6.40. The number of methoxy groups -OCH3 is 1. The summed E-state index contributed by atoms with van der Waals surface area (Å²) in [5.41, 5.74) is -2.24. The fraction of sp³-hybridized carbons (Fsp3) is 0.455. The fourth-order valence-electron chi connectivity index (χ4n) is 4.48. The van der Waals surface area contributed by atoms with E-state index in [4.69, 9.17) is 21.1 Å². The summed E-state index contributed by atoms with van der Waals surface area (Å²) in [5.74, 6) is -5.26. The number of nitriles is 1. The van der Waals surface area contributed by atoms with E-state index in [9.17, 15) is 27.2 Å². The molecule has 1 aliphatic heterocycles. The Balaban J connectivity index is 2.30. The van der Waals surface area contributed by atoms with Crippen LogP contribution in [0.2, 0.25) is 5.02 Å². The van der Waals surface area contributed by atoms with Gasteiger partial charge in [-0.2, -0.15) is 22.8 Å². The first-order valence-electron chi connectivity index (χ1n) is 9.74. The van der Waals surface area contributed by atoms with Gasteiger partial charge in [-0.1, -0.05) is 24.6 Å². The van der Waals surface area contributed by atoms with Crippen LogP contribution in [0.4, 0.5) is 22.0 Å². The first kappa shape index (κ1) is 24.2. The van der Waals surface area contributed by atoms with Gasteiger partial charge in [0.05, 0.1) is 29.1 Å². The first-order chi connectivity index (χ1) is 14.9. The van der Waals surface area contributed by atoms with Gasteiger partial charge in [0.25, 0.3) is 0 Å². The Morgan fingerprint density at radius 2 is 1.97 bits per heavy atom. The highest BCUT2D eigenvalue weighted by molar-refractivity contribution is 6.31. The molecular weight excluding hydrogens is 455 g/mol. The highest BCUT2D eigenvalue weighted by Gasteiger charge is 2.66. The highest BCUT2D eigenvalue weighted by Crippen LogP contribution is 2.60. The van der Waals surface area contributed by atoms with Gasteiger partial charge in [0, 0.05) is 17.4 Å². The number of halogens is 6. The minimum atomic E-state index is -4.77. The van der Waals surface area contributed by atoms with Crippen molar-refractivity contribution in [2.45, 2.75) is 51.0 Å². The lowest BCUT2D eigenvalue weighted by molar-refractivity contribution is -0.277. The summed E-state index contributed by atoms with van der Waals surface area (Å²) in [6.07, 6.45) is -6.06. The van der Waals surface area contributed by atoms with Crippen molar-refractivity contribution in [3.63, 3.8) is 0 Å². The third-order valence-electron chi connectivity index (χ3n) is 6.06. The molecule has 1 saturated heterocycles. The summed E-state index contributed by atoms with van der Waals surface area (Å²) in [4.78, 5) is 4.27. The van der Waals surface area contributed by atoms with Crippen LogP contribution in [0, 0.1) is 35.8 Å². The largest absolute Gasteiger partial charge is 0.493 e. The van der Waals surface area contributed by atoms with Crippen LogP contribution >= 0.6 is 11.6 Å². The Labute approximate surface area is 186 Å². The van der Waals surface area contributed by atoms with Gasteiger partial charge in [0.1, 0.15) is 12.2 Å². The average molecular weight is 475 g/mol. The number of aromatic nitrogens is 1. The summed E-state index contributed by atoms with van der Waals surface area (Å²) >= 11 is 6.17. The second kappa shape index (κ2) is 8.49. The number of alkyl halides is 3. The molecule has 0 amide bonds. The van der Waals surface area contributed by atoms with Crippen LogP contribution in [0.5, 0.6) is 5.75 Å². The highest BCUT2D eigenvalue weighted by atomic mass is 35.5. The van der Waals surface area contributed by atoms with Gasteiger partial charge in [-0.15, -0.1) is 0 Å². The third-order valence-corrected chi connectivity index (χ3v) is 6.36. The molecule has 1 aromatic carbocycles. The molecule has 0 bridgehead atoms. The van der Waals surface area contributed by atoms with Gasteiger partial charge in [-0.25, -0.2) is 4.39 Å². The molecule has 0 unspecified atom stereocenters. The van der Waals surface area contributed by atoms with E-state index in [-0.39, 0.29) is 34.0 Å². The predicted molar refractivity (Wildman–Crippen MR) is 106 cm³/mol. The fourth-order valence-corrected chi connectivity index (χ4v) is 4.77. The van der Waals surface area contributed by atoms with E-state index in [0.717, 1.165) is 20.1 Å². The zero-order chi connectivity index (χ0) is 24.0. The standard InChI is InChI=1S/C22H20ClF5N2O2/c1-5-13-17(11-6-7-15(24)18(25)19(11)31-4)20(32-21(13,3)22(26,27)28)16-8-14(23)12(9-29)10(2)30-16/h6-8,13,17,20H,5H2,1-4H3/t13-,17+,20-,21+/m0/s1. The maximum atomic E-state index is 14.5. The number of benzene rings is 1. The SMILES string of the molecule is CC[C@H]1[C@@H](c2ccc(F)c(F)c2OC)[C@H](c2cc(Cl)c(C#N)c(C)n2)O[C@@]1(C)C(F)(F)F. The monoisotopic (exact) mass is 474 g/mol. The maximum absolute atomic E-state index is 14.5. The van der Waals surface area contributed by atoms with Gasteiger partial charge < -0.3 is 9.47 Å². The summed E-state index contributed by atoms with van der Waals surface area (Å²) in [6.45, 7) is 3.99. The smallest absolute Gasteiger partial charge is 0.417 e. The molecule has 1 aromatic heterocycles. The van der Waals surface area contributed by atoms with E-state index in [0.29, 0.717) is 0 Å². The average Bonchev–Trinajstić information content (AvgIpc) is 3.03. The molecule has 172 valence electrons. The Morgan fingerprint density at radius 1 is 1.31 bits per heavy atom. The van der Waals surface area contributed by atoms with Crippen LogP contribution in [0.3, 0.4) is 0 Å². The summed E-state index contributed by atoms with van der Waals surface area (Å²) in [5, 5.41) is 9.24. The molecule has 0 spiro atoms. The molecule has 1 fully saturated rings. The van der Waals surface area contributed by atoms with Gasteiger partial charge in [-0.3, -0.25) is 4.98 Å². The molecular formula is C22H20ClF5N2O2. The Morgan fingerprint density at radius 3 is 2.47 bits per heavy atom. The lowest BCUT2D eigenvalue weighted by Crippen LogP contribution is -2.47. The van der Waals surface area contributed by atoms with Crippen molar-refractivity contribution in [3.05, 3.63) is 57.4 Å². The number of nitrogens with zero attached hydrogens (tertiary/aromatic N) is 2. The van der Waals surface area contributed by atoms with Crippen LogP contribution in [0.25, 0.3) is 0 Å². The number of aryl methyl sites for hydroxylation is 1. The summed E-state index contributed by atoms with van der Waals surface area (Å²) in [6, 6.07) is 5.19. The molecule has 2 heterocycles. The Hall–Kier alpha value is -2.44. The minimum absolute atomic E-state index is 0.00302. The molecule has 4 nitrogen and oxygen atoms in total. The molecule has 2 aromatic rings. The molecule has 0 N–H and O–H groups in total. The van der Waals surface area contributed by atoms with E-state index in [1.807, 2.05) is 6.07 Å². The zero-order valence-electron chi connectivity index (χ0n) is 17.6. The summed E-state index contributed by atoms with van der Waals surface area (Å²) < 4.78 is 81.5. The van der Waals surface area contributed by atoms with Gasteiger partial charge in [0.15, 0.2) is 17.2 Å². The second-order valence-electron chi connectivity index (χ2n) is 7.77. The van der Waals surface area contributed by atoms with Crippen molar-refractivity contribution in [1.29, 1.82) is 5.26 Å². The molecule has 32 heavy (non-hydrogen) atoms.